The van der Waals surface area contributed by atoms with Gasteiger partial charge in [-0.2, -0.15) is 8.42 Å². The molecule has 0 saturated carbocycles. The molecule has 7 heteroatoms. The average molecular weight is 307 g/mol. The second-order valence-electron chi connectivity index (χ2n) is 4.42. The van der Waals surface area contributed by atoms with Crippen LogP contribution in [0.15, 0.2) is 0 Å². The van der Waals surface area contributed by atoms with E-state index in [1.807, 2.05) is 0 Å². The first kappa shape index (κ1) is 24.8. The predicted molar refractivity (Wildman–Crippen MR) is 82.2 cm³/mol. The third-order valence-electron chi connectivity index (χ3n) is 2.56. The van der Waals surface area contributed by atoms with Crippen molar-refractivity contribution < 1.29 is 17.5 Å². The molecule has 0 amide bonds. The van der Waals surface area contributed by atoms with Crippen LogP contribution in [-0.2, 0) is 10.4 Å². The summed E-state index contributed by atoms with van der Waals surface area (Å²) in [6, 6.07) is 0. The van der Waals surface area contributed by atoms with E-state index in [4.69, 9.17) is 23.3 Å². The molecule has 0 aromatic heterocycles. The van der Waals surface area contributed by atoms with Crippen molar-refractivity contribution in [3.63, 3.8) is 0 Å². The van der Waals surface area contributed by atoms with Crippen LogP contribution in [0.25, 0.3) is 0 Å². The van der Waals surface area contributed by atoms with Crippen LogP contribution in [0.2, 0.25) is 0 Å². The summed E-state index contributed by atoms with van der Waals surface area (Å²) in [6.45, 7) is 3.14. The third kappa shape index (κ3) is 45.5. The van der Waals surface area contributed by atoms with Gasteiger partial charge in [0.15, 0.2) is 0 Å². The van der Waals surface area contributed by atoms with Crippen LogP contribution >= 0.6 is 0 Å². The maximum absolute atomic E-state index is 8.74. The van der Waals surface area contributed by atoms with Crippen LogP contribution in [0.1, 0.15) is 71.1 Å². The summed E-state index contributed by atoms with van der Waals surface area (Å²) in [5.74, 6) is 0. The van der Waals surface area contributed by atoms with Gasteiger partial charge in [0.25, 0.3) is 0 Å². The predicted octanol–water partition coefficient (Wildman–Crippen LogP) is 2.56. The van der Waals surface area contributed by atoms with Gasteiger partial charge in [-0.25, -0.2) is 0 Å². The number of unbranched alkanes of at least 4 members (excludes halogenated alkanes) is 9. The van der Waals surface area contributed by atoms with Gasteiger partial charge in [-0.3, -0.25) is 9.11 Å². The van der Waals surface area contributed by atoms with Gasteiger partial charge in [-0.15, -0.1) is 0 Å². The Bertz CT molecular complexity index is 230. The Morgan fingerprint density at radius 3 is 1.32 bits per heavy atom. The van der Waals surface area contributed by atoms with Gasteiger partial charge in [0.05, 0.1) is 0 Å². The van der Waals surface area contributed by atoms with Crippen molar-refractivity contribution in [1.82, 2.24) is 0 Å². The van der Waals surface area contributed by atoms with Gasteiger partial charge in [0, 0.05) is 0 Å². The van der Waals surface area contributed by atoms with E-state index in [-0.39, 0.29) is 29.6 Å². The summed E-state index contributed by atoms with van der Waals surface area (Å²) in [6.07, 6.45) is 13.9. The van der Waals surface area contributed by atoms with E-state index in [9.17, 15) is 0 Å². The molecule has 0 fully saturated rings. The summed E-state index contributed by atoms with van der Waals surface area (Å²) >= 11 is 0. The number of rotatable bonds is 10. The Morgan fingerprint density at radius 2 is 1.05 bits per heavy atom. The van der Waals surface area contributed by atoms with Crippen molar-refractivity contribution >= 4 is 40.0 Å². The molecule has 0 saturated heterocycles. The molecule has 0 aliphatic heterocycles. The molecule has 0 heterocycles. The average Bonchev–Trinajstić information content (AvgIpc) is 2.25. The summed E-state index contributed by atoms with van der Waals surface area (Å²) in [7, 11) is -4.67. The summed E-state index contributed by atoms with van der Waals surface area (Å²) < 4.78 is 31.6. The number of hydrogen-bond donors (Lipinski definition) is 3. The summed E-state index contributed by atoms with van der Waals surface area (Å²) in [5.41, 5.74) is 5.42. The fourth-order valence-corrected chi connectivity index (χ4v) is 1.63. The van der Waals surface area contributed by atoms with E-state index in [1.165, 1.54) is 64.2 Å². The molecule has 0 atom stereocenters. The SMILES string of the molecule is CCCCCCCCCCCCN.O=S(=O)(O)O.[NaH]. The molecule has 0 aromatic carbocycles. The van der Waals surface area contributed by atoms with Gasteiger partial charge >= 0.3 is 40.0 Å². The fraction of sp³-hybridized carbons (Fsp3) is 1.00. The van der Waals surface area contributed by atoms with Gasteiger partial charge < -0.3 is 5.73 Å². The summed E-state index contributed by atoms with van der Waals surface area (Å²) in [4.78, 5) is 0. The zero-order valence-electron chi connectivity index (χ0n) is 11.5. The molecular weight excluding hydrogens is 277 g/mol. The van der Waals surface area contributed by atoms with Crippen molar-refractivity contribution in [3.05, 3.63) is 0 Å². The molecule has 0 radical (unpaired) electrons. The van der Waals surface area contributed by atoms with Crippen molar-refractivity contribution in [2.45, 2.75) is 71.1 Å². The number of hydrogen-bond acceptors (Lipinski definition) is 3. The van der Waals surface area contributed by atoms with Gasteiger partial charge in [-0.05, 0) is 13.0 Å². The maximum atomic E-state index is 8.74. The summed E-state index contributed by atoms with van der Waals surface area (Å²) in [5, 5.41) is 0. The van der Waals surface area contributed by atoms with Gasteiger partial charge in [-0.1, -0.05) is 64.7 Å². The molecule has 0 aliphatic carbocycles. The Hall–Kier alpha value is 0.830. The fourth-order valence-electron chi connectivity index (χ4n) is 1.63. The molecule has 19 heavy (non-hydrogen) atoms. The molecule has 4 N–H and O–H groups in total. The molecular formula is C12H30NNaO4S. The van der Waals surface area contributed by atoms with E-state index in [0.717, 1.165) is 6.54 Å². The van der Waals surface area contributed by atoms with Crippen LogP contribution in [0.4, 0.5) is 0 Å². The van der Waals surface area contributed by atoms with Crippen LogP contribution in [0, 0.1) is 0 Å². The minimum absolute atomic E-state index is 0. The Morgan fingerprint density at radius 1 is 0.789 bits per heavy atom. The zero-order chi connectivity index (χ0) is 14.3. The van der Waals surface area contributed by atoms with Crippen molar-refractivity contribution in [3.8, 4) is 0 Å². The van der Waals surface area contributed by atoms with Gasteiger partial charge in [0.2, 0.25) is 0 Å². The molecule has 0 aliphatic rings. The van der Waals surface area contributed by atoms with Crippen LogP contribution in [0.3, 0.4) is 0 Å². The quantitative estimate of drug-likeness (QED) is 0.327. The van der Waals surface area contributed by atoms with E-state index in [2.05, 4.69) is 6.92 Å². The van der Waals surface area contributed by atoms with Crippen LogP contribution in [-0.4, -0.2) is 53.6 Å². The molecule has 0 rings (SSSR count). The minimum atomic E-state index is -4.67. The first-order valence-electron chi connectivity index (χ1n) is 6.81. The van der Waals surface area contributed by atoms with Crippen molar-refractivity contribution in [1.29, 1.82) is 0 Å². The Balaban J connectivity index is -0.000000366. The molecule has 0 unspecified atom stereocenters. The Kier molecular flexibility index (Phi) is 24.6. The van der Waals surface area contributed by atoms with Gasteiger partial charge in [0.1, 0.15) is 0 Å². The van der Waals surface area contributed by atoms with Crippen molar-refractivity contribution in [2.24, 2.45) is 5.73 Å². The molecule has 5 nitrogen and oxygen atoms in total. The third-order valence-corrected chi connectivity index (χ3v) is 2.56. The monoisotopic (exact) mass is 307 g/mol. The second kappa shape index (κ2) is 18.8. The number of nitrogens with two attached hydrogens (primary N) is 1. The van der Waals surface area contributed by atoms with Crippen LogP contribution in [0.5, 0.6) is 0 Å². The van der Waals surface area contributed by atoms with Crippen molar-refractivity contribution in [2.75, 3.05) is 6.54 Å². The molecule has 0 bridgehead atoms. The first-order chi connectivity index (χ1) is 8.41. The molecule has 0 spiro atoms. The molecule has 114 valence electrons. The van der Waals surface area contributed by atoms with E-state index < -0.39 is 10.4 Å². The zero-order valence-corrected chi connectivity index (χ0v) is 12.3. The standard InChI is InChI=1S/C12H27N.Na.H2O4S.H/c1-2-3-4-5-6-7-8-9-10-11-12-13;;1-5(2,3)4;/h2-13H2,1H3;;(H2,1,2,3,4);. The van der Waals surface area contributed by atoms with Crippen LogP contribution < -0.4 is 5.73 Å². The van der Waals surface area contributed by atoms with E-state index in [1.54, 1.807) is 0 Å². The van der Waals surface area contributed by atoms with E-state index in [0.29, 0.717) is 0 Å². The van der Waals surface area contributed by atoms with E-state index >= 15 is 0 Å². The first-order valence-corrected chi connectivity index (χ1v) is 8.21. The topological polar surface area (TPSA) is 101 Å². The normalized spacial score (nSPS) is 10.3. The second-order valence-corrected chi connectivity index (χ2v) is 5.31. The Labute approximate surface area is 140 Å². The molecule has 0 aromatic rings.